The summed E-state index contributed by atoms with van der Waals surface area (Å²) in [5.41, 5.74) is 1.64. The van der Waals surface area contributed by atoms with Gasteiger partial charge in [-0.2, -0.15) is 0 Å². The van der Waals surface area contributed by atoms with Crippen molar-refractivity contribution in [1.29, 1.82) is 0 Å². The molecule has 0 saturated carbocycles. The molecule has 0 amide bonds. The molecule has 1 atom stereocenters. The number of rotatable bonds is 3. The van der Waals surface area contributed by atoms with Crippen molar-refractivity contribution in [3.8, 4) is 5.75 Å². The molecule has 0 saturated heterocycles. The van der Waals surface area contributed by atoms with Crippen LogP contribution in [0.2, 0.25) is 0 Å². The van der Waals surface area contributed by atoms with Gasteiger partial charge in [-0.25, -0.2) is 4.79 Å². The van der Waals surface area contributed by atoms with Gasteiger partial charge in [0.25, 0.3) is 0 Å². The zero-order chi connectivity index (χ0) is 12.3. The summed E-state index contributed by atoms with van der Waals surface area (Å²) in [5, 5.41) is 9.79. The van der Waals surface area contributed by atoms with E-state index >= 15 is 0 Å². The number of carbonyl (C=O) groups is 1. The van der Waals surface area contributed by atoms with E-state index in [0.29, 0.717) is 12.2 Å². The van der Waals surface area contributed by atoms with Crippen molar-refractivity contribution >= 4 is 5.97 Å². The van der Waals surface area contributed by atoms with Crippen LogP contribution in [-0.4, -0.2) is 24.3 Å². The maximum Gasteiger partial charge on any atom is 0.339 e. The van der Waals surface area contributed by atoms with Gasteiger partial charge < -0.3 is 14.6 Å². The molecule has 1 N–H and O–H groups in total. The van der Waals surface area contributed by atoms with Crippen LogP contribution >= 0.6 is 0 Å². The molecule has 4 heteroatoms. The molecule has 4 nitrogen and oxygen atoms in total. The summed E-state index contributed by atoms with van der Waals surface area (Å²) in [4.78, 5) is 11.4. The van der Waals surface area contributed by atoms with E-state index in [4.69, 9.17) is 9.47 Å². The summed E-state index contributed by atoms with van der Waals surface area (Å²) in [6.07, 6.45) is 0.753. The molecule has 0 aliphatic carbocycles. The van der Waals surface area contributed by atoms with Crippen molar-refractivity contribution in [2.75, 3.05) is 13.2 Å². The first kappa shape index (κ1) is 11.9. The molecule has 92 valence electrons. The van der Waals surface area contributed by atoms with Gasteiger partial charge in [0.15, 0.2) is 6.10 Å². The van der Waals surface area contributed by atoms with E-state index in [-0.39, 0.29) is 6.61 Å². The Bertz CT molecular complexity index is 414. The lowest BCUT2D eigenvalue weighted by Crippen LogP contribution is -2.16. The van der Waals surface area contributed by atoms with Crippen LogP contribution < -0.4 is 4.74 Å². The van der Waals surface area contributed by atoms with Crippen LogP contribution in [0.3, 0.4) is 0 Å². The molecule has 1 heterocycles. The minimum atomic E-state index is -1.23. The summed E-state index contributed by atoms with van der Waals surface area (Å²) in [7, 11) is 0. The number of hydrogen-bond donors (Lipinski definition) is 1. The lowest BCUT2D eigenvalue weighted by Gasteiger charge is -2.19. The number of ether oxygens (including phenoxy) is 2. The summed E-state index contributed by atoms with van der Waals surface area (Å²) in [6, 6.07) is 5.36. The van der Waals surface area contributed by atoms with Crippen molar-refractivity contribution in [2.24, 2.45) is 0 Å². The Morgan fingerprint density at radius 2 is 2.41 bits per heavy atom. The van der Waals surface area contributed by atoms with E-state index < -0.39 is 12.1 Å². The van der Waals surface area contributed by atoms with Crippen LogP contribution in [0.5, 0.6) is 5.75 Å². The van der Waals surface area contributed by atoms with E-state index in [1.807, 2.05) is 6.07 Å². The molecule has 1 aromatic carbocycles. The third-order valence-corrected chi connectivity index (χ3v) is 2.76. The lowest BCUT2D eigenvalue weighted by molar-refractivity contribution is -0.153. The molecular formula is C13H16O4. The summed E-state index contributed by atoms with van der Waals surface area (Å²) >= 11 is 0. The minimum Gasteiger partial charge on any atom is -0.493 e. The van der Waals surface area contributed by atoms with E-state index in [2.05, 4.69) is 0 Å². The number of aryl methyl sites for hydroxylation is 1. The number of carbonyl (C=O) groups excluding carboxylic acids is 1. The van der Waals surface area contributed by atoms with Gasteiger partial charge in [-0.15, -0.1) is 0 Å². The van der Waals surface area contributed by atoms with Gasteiger partial charge in [-0.1, -0.05) is 12.1 Å². The van der Waals surface area contributed by atoms with Crippen molar-refractivity contribution in [2.45, 2.75) is 25.9 Å². The van der Waals surface area contributed by atoms with E-state index in [1.54, 1.807) is 19.1 Å². The largest absolute Gasteiger partial charge is 0.493 e. The summed E-state index contributed by atoms with van der Waals surface area (Å²) in [5.74, 6) is 0.139. The van der Waals surface area contributed by atoms with Crippen molar-refractivity contribution < 1.29 is 19.4 Å². The fourth-order valence-corrected chi connectivity index (χ4v) is 1.88. The van der Waals surface area contributed by atoms with Crippen molar-refractivity contribution in [3.63, 3.8) is 0 Å². The number of aliphatic hydroxyl groups excluding tert-OH is 1. The quantitative estimate of drug-likeness (QED) is 0.810. The molecule has 0 fully saturated rings. The maximum absolute atomic E-state index is 11.4. The molecule has 17 heavy (non-hydrogen) atoms. The monoisotopic (exact) mass is 236 g/mol. The number of aliphatic hydroxyl groups is 1. The standard InChI is InChI=1S/C13H16O4/c1-2-16-13(15)12(14)10-6-5-9-4-3-7-17-11(9)8-10/h5-6,8,12,14H,2-4,7H2,1H3. The predicted octanol–water partition coefficient (Wildman–Crippen LogP) is 1.61. The second-order valence-electron chi connectivity index (χ2n) is 3.97. The number of esters is 1. The van der Waals surface area contributed by atoms with E-state index in [9.17, 15) is 9.90 Å². The van der Waals surface area contributed by atoms with Crippen molar-refractivity contribution in [1.82, 2.24) is 0 Å². The highest BCUT2D eigenvalue weighted by Crippen LogP contribution is 2.28. The first-order chi connectivity index (χ1) is 8.22. The Labute approximate surface area is 100 Å². The second kappa shape index (κ2) is 5.19. The fraction of sp³-hybridized carbons (Fsp3) is 0.462. The first-order valence-corrected chi connectivity index (χ1v) is 5.82. The zero-order valence-electron chi connectivity index (χ0n) is 9.81. The van der Waals surface area contributed by atoms with Crippen molar-refractivity contribution in [3.05, 3.63) is 29.3 Å². The molecule has 1 aliphatic rings. The average Bonchev–Trinajstić information content (AvgIpc) is 2.37. The number of fused-ring (bicyclic) bond motifs is 1. The van der Waals surface area contributed by atoms with Crippen LogP contribution in [-0.2, 0) is 16.0 Å². The average molecular weight is 236 g/mol. The third kappa shape index (κ3) is 2.58. The number of benzene rings is 1. The van der Waals surface area contributed by atoms with Gasteiger partial charge in [0, 0.05) is 0 Å². The summed E-state index contributed by atoms with van der Waals surface area (Å²) < 4.78 is 10.3. The molecule has 1 unspecified atom stereocenters. The lowest BCUT2D eigenvalue weighted by atomic mass is 10.0. The molecule has 0 bridgehead atoms. The van der Waals surface area contributed by atoms with Crippen LogP contribution in [0.1, 0.15) is 30.6 Å². The molecule has 2 rings (SSSR count). The predicted molar refractivity (Wildman–Crippen MR) is 61.9 cm³/mol. The number of hydrogen-bond acceptors (Lipinski definition) is 4. The highest BCUT2D eigenvalue weighted by atomic mass is 16.5. The van der Waals surface area contributed by atoms with Crippen LogP contribution in [0, 0.1) is 0 Å². The Balaban J connectivity index is 2.18. The summed E-state index contributed by atoms with van der Waals surface area (Å²) in [6.45, 7) is 2.66. The highest BCUT2D eigenvalue weighted by molar-refractivity contribution is 5.76. The molecule has 0 aromatic heterocycles. The van der Waals surface area contributed by atoms with Gasteiger partial charge in [0.1, 0.15) is 5.75 Å². The first-order valence-electron chi connectivity index (χ1n) is 5.82. The Morgan fingerprint density at radius 1 is 1.59 bits per heavy atom. The van der Waals surface area contributed by atoms with Crippen LogP contribution in [0.4, 0.5) is 0 Å². The van der Waals surface area contributed by atoms with Gasteiger partial charge in [0.2, 0.25) is 0 Å². The van der Waals surface area contributed by atoms with Gasteiger partial charge >= 0.3 is 5.97 Å². The second-order valence-corrected chi connectivity index (χ2v) is 3.97. The topological polar surface area (TPSA) is 55.8 Å². The molecule has 1 aromatic rings. The fourth-order valence-electron chi connectivity index (χ4n) is 1.88. The smallest absolute Gasteiger partial charge is 0.339 e. The SMILES string of the molecule is CCOC(=O)C(O)c1ccc2c(c1)OCCC2. The Morgan fingerprint density at radius 3 is 3.18 bits per heavy atom. The van der Waals surface area contributed by atoms with Gasteiger partial charge in [0.05, 0.1) is 13.2 Å². The zero-order valence-corrected chi connectivity index (χ0v) is 9.81. The molecule has 0 spiro atoms. The van der Waals surface area contributed by atoms with Crippen LogP contribution in [0.15, 0.2) is 18.2 Å². The van der Waals surface area contributed by atoms with Gasteiger partial charge in [-0.3, -0.25) is 0 Å². The van der Waals surface area contributed by atoms with Crippen LogP contribution in [0.25, 0.3) is 0 Å². The van der Waals surface area contributed by atoms with E-state index in [1.165, 1.54) is 0 Å². The normalized spacial score (nSPS) is 15.6. The molecular weight excluding hydrogens is 220 g/mol. The third-order valence-electron chi connectivity index (χ3n) is 2.76. The van der Waals surface area contributed by atoms with Gasteiger partial charge in [-0.05, 0) is 37.0 Å². The van der Waals surface area contributed by atoms with E-state index in [0.717, 1.165) is 24.2 Å². The minimum absolute atomic E-state index is 0.261. The molecule has 1 aliphatic heterocycles. The maximum atomic E-state index is 11.4. The molecule has 0 radical (unpaired) electrons. The Kier molecular flexibility index (Phi) is 3.64. The highest BCUT2D eigenvalue weighted by Gasteiger charge is 2.20. The Hall–Kier alpha value is -1.55.